The number of hydrogen-bond acceptors (Lipinski definition) is 7. The Kier molecular flexibility index (Phi) is 6.76. The summed E-state index contributed by atoms with van der Waals surface area (Å²) < 4.78 is 5.52. The molecular formula is C22H23N3O6. The number of likely N-dealkylation sites (tertiary alicyclic amines) is 1. The van der Waals surface area contributed by atoms with E-state index in [1.54, 1.807) is 18.3 Å². The molecule has 1 aliphatic rings. The van der Waals surface area contributed by atoms with Crippen molar-refractivity contribution >= 4 is 23.1 Å². The maximum absolute atomic E-state index is 12.9. The third-order valence-electron chi connectivity index (χ3n) is 4.87. The first-order valence-corrected chi connectivity index (χ1v) is 9.86. The highest BCUT2D eigenvalue weighted by molar-refractivity contribution is 6.46. The Hall–Kier alpha value is -3.59. The first kappa shape index (κ1) is 22.1. The molecule has 0 aliphatic carbocycles. The summed E-state index contributed by atoms with van der Waals surface area (Å²) in [6, 6.07) is 7.83. The van der Waals surface area contributed by atoms with Crippen molar-refractivity contribution in [3.8, 4) is 0 Å². The Labute approximate surface area is 179 Å². The van der Waals surface area contributed by atoms with Crippen LogP contribution in [-0.2, 0) is 14.3 Å². The highest BCUT2D eigenvalue weighted by Gasteiger charge is 2.46. The second-order valence-corrected chi connectivity index (χ2v) is 7.36. The molecule has 0 radical (unpaired) electrons. The number of carbonyl (C=O) groups is 2. The third kappa shape index (κ3) is 4.77. The van der Waals surface area contributed by atoms with Crippen LogP contribution in [0.25, 0.3) is 5.76 Å². The largest absolute Gasteiger partial charge is 0.507 e. The van der Waals surface area contributed by atoms with E-state index in [9.17, 15) is 24.8 Å². The van der Waals surface area contributed by atoms with Gasteiger partial charge in [-0.25, -0.2) is 0 Å². The molecule has 1 amide bonds. The number of Topliss-reactive ketones (excluding diaryl/α,β-unsaturated/α-hetero) is 1. The molecule has 1 saturated heterocycles. The summed E-state index contributed by atoms with van der Waals surface area (Å²) in [7, 11) is 0. The number of aliphatic hydroxyl groups excluding tert-OH is 1. The molecule has 2 heterocycles. The van der Waals surface area contributed by atoms with Gasteiger partial charge in [-0.3, -0.25) is 24.7 Å². The van der Waals surface area contributed by atoms with Gasteiger partial charge in [0.2, 0.25) is 0 Å². The molecule has 9 heteroatoms. The highest BCUT2D eigenvalue weighted by Crippen LogP contribution is 2.39. The number of ketones is 1. The van der Waals surface area contributed by atoms with Gasteiger partial charge in [-0.2, -0.15) is 0 Å². The Morgan fingerprint density at radius 3 is 2.71 bits per heavy atom. The number of aliphatic hydroxyl groups is 1. The molecule has 9 nitrogen and oxygen atoms in total. The number of amides is 1. The lowest BCUT2D eigenvalue weighted by Gasteiger charge is -2.25. The predicted molar refractivity (Wildman–Crippen MR) is 112 cm³/mol. The lowest BCUT2D eigenvalue weighted by molar-refractivity contribution is -0.384. The Balaban J connectivity index is 2.04. The molecule has 1 atom stereocenters. The number of benzene rings is 1. The number of pyridine rings is 1. The van der Waals surface area contributed by atoms with E-state index in [0.29, 0.717) is 18.6 Å². The van der Waals surface area contributed by atoms with Crippen LogP contribution in [0.4, 0.5) is 5.69 Å². The normalized spacial score (nSPS) is 18.0. The molecule has 31 heavy (non-hydrogen) atoms. The molecule has 162 valence electrons. The van der Waals surface area contributed by atoms with Gasteiger partial charge in [0.15, 0.2) is 0 Å². The fourth-order valence-electron chi connectivity index (χ4n) is 3.47. The standard InChI is InChI=1S/C22H23N3O6/c1-14(2)31-11-5-10-24-19(16-7-4-9-23-13-16)18(21(27)22(24)28)20(26)15-6-3-8-17(12-15)25(29)30/h3-4,6-9,12-14,19,26H,5,10-11H2,1-2H3/t19-/m1/s1. The molecule has 1 aromatic carbocycles. The van der Waals surface area contributed by atoms with Crippen molar-refractivity contribution in [2.45, 2.75) is 32.4 Å². The first-order valence-electron chi connectivity index (χ1n) is 9.86. The quantitative estimate of drug-likeness (QED) is 0.172. The first-order chi connectivity index (χ1) is 14.8. The van der Waals surface area contributed by atoms with Crippen LogP contribution in [0.15, 0.2) is 54.4 Å². The zero-order valence-electron chi connectivity index (χ0n) is 17.2. The van der Waals surface area contributed by atoms with Gasteiger partial charge in [-0.1, -0.05) is 18.2 Å². The minimum absolute atomic E-state index is 0.0402. The molecule has 1 N–H and O–H groups in total. The molecule has 0 saturated carbocycles. The van der Waals surface area contributed by atoms with Crippen molar-refractivity contribution in [3.63, 3.8) is 0 Å². The lowest BCUT2D eigenvalue weighted by atomic mass is 9.96. The zero-order valence-corrected chi connectivity index (χ0v) is 17.2. The van der Waals surface area contributed by atoms with Crippen molar-refractivity contribution in [1.29, 1.82) is 0 Å². The molecule has 1 fully saturated rings. The van der Waals surface area contributed by atoms with E-state index in [1.807, 2.05) is 13.8 Å². The van der Waals surface area contributed by atoms with Crippen molar-refractivity contribution in [1.82, 2.24) is 9.88 Å². The number of hydrogen-bond donors (Lipinski definition) is 1. The number of carbonyl (C=O) groups excluding carboxylic acids is 2. The summed E-state index contributed by atoms with van der Waals surface area (Å²) in [6.07, 6.45) is 3.62. The van der Waals surface area contributed by atoms with Gasteiger partial charge in [-0.05, 0) is 31.9 Å². The van der Waals surface area contributed by atoms with Gasteiger partial charge in [0, 0.05) is 43.2 Å². The van der Waals surface area contributed by atoms with E-state index in [-0.39, 0.29) is 29.5 Å². The summed E-state index contributed by atoms with van der Waals surface area (Å²) in [5.41, 5.74) is 0.285. The van der Waals surface area contributed by atoms with E-state index in [1.165, 1.54) is 35.4 Å². The molecule has 0 spiro atoms. The highest BCUT2D eigenvalue weighted by atomic mass is 16.6. The van der Waals surface area contributed by atoms with Crippen LogP contribution in [0.5, 0.6) is 0 Å². The van der Waals surface area contributed by atoms with Crippen LogP contribution in [-0.4, -0.2) is 50.9 Å². The summed E-state index contributed by atoms with van der Waals surface area (Å²) in [5.74, 6) is -2.05. The predicted octanol–water partition coefficient (Wildman–Crippen LogP) is 3.23. The third-order valence-corrected chi connectivity index (χ3v) is 4.87. The molecule has 2 aromatic rings. The SMILES string of the molecule is CC(C)OCCCN1C(=O)C(=O)C(=C(O)c2cccc([N+](=O)[O-])c2)[C@H]1c1cccnc1. The Morgan fingerprint density at radius 1 is 1.29 bits per heavy atom. The van der Waals surface area contributed by atoms with Gasteiger partial charge in [-0.15, -0.1) is 0 Å². The van der Waals surface area contributed by atoms with Crippen LogP contribution in [0.3, 0.4) is 0 Å². The summed E-state index contributed by atoms with van der Waals surface area (Å²) in [4.78, 5) is 41.6. The van der Waals surface area contributed by atoms with Crippen LogP contribution in [0.2, 0.25) is 0 Å². The number of aromatic nitrogens is 1. The number of rotatable bonds is 8. The van der Waals surface area contributed by atoms with Gasteiger partial charge < -0.3 is 14.7 Å². The Morgan fingerprint density at radius 2 is 2.06 bits per heavy atom. The van der Waals surface area contributed by atoms with Gasteiger partial charge >= 0.3 is 0 Å². The number of nitro groups is 1. The molecule has 1 aliphatic heterocycles. The smallest absolute Gasteiger partial charge is 0.295 e. The number of non-ortho nitro benzene ring substituents is 1. The van der Waals surface area contributed by atoms with E-state index >= 15 is 0 Å². The fourth-order valence-corrected chi connectivity index (χ4v) is 3.47. The number of nitro benzene ring substituents is 1. The average Bonchev–Trinajstić information content (AvgIpc) is 3.01. The average molecular weight is 425 g/mol. The van der Waals surface area contributed by atoms with Crippen molar-refractivity contribution in [3.05, 3.63) is 75.6 Å². The van der Waals surface area contributed by atoms with Crippen LogP contribution >= 0.6 is 0 Å². The fraction of sp³-hybridized carbons (Fsp3) is 0.318. The van der Waals surface area contributed by atoms with Crippen LogP contribution < -0.4 is 0 Å². The summed E-state index contributed by atoms with van der Waals surface area (Å²) in [6.45, 7) is 4.45. The van der Waals surface area contributed by atoms with Crippen LogP contribution in [0, 0.1) is 10.1 Å². The van der Waals surface area contributed by atoms with Crippen molar-refractivity contribution in [2.24, 2.45) is 0 Å². The monoisotopic (exact) mass is 425 g/mol. The van der Waals surface area contributed by atoms with E-state index in [2.05, 4.69) is 4.98 Å². The molecule has 0 unspecified atom stereocenters. The van der Waals surface area contributed by atoms with Gasteiger partial charge in [0.25, 0.3) is 17.4 Å². The van der Waals surface area contributed by atoms with Crippen molar-refractivity contribution in [2.75, 3.05) is 13.2 Å². The van der Waals surface area contributed by atoms with Crippen LogP contribution in [0.1, 0.15) is 37.4 Å². The minimum atomic E-state index is -0.855. The number of ether oxygens (including phenoxy) is 1. The van der Waals surface area contributed by atoms with Gasteiger partial charge in [0.1, 0.15) is 5.76 Å². The van der Waals surface area contributed by atoms with E-state index in [4.69, 9.17) is 4.74 Å². The summed E-state index contributed by atoms with van der Waals surface area (Å²) >= 11 is 0. The van der Waals surface area contributed by atoms with Gasteiger partial charge in [0.05, 0.1) is 22.6 Å². The van der Waals surface area contributed by atoms with Crippen molar-refractivity contribution < 1.29 is 24.4 Å². The maximum atomic E-state index is 12.9. The second-order valence-electron chi connectivity index (χ2n) is 7.36. The molecule has 3 rings (SSSR count). The lowest BCUT2D eigenvalue weighted by Crippen LogP contribution is -2.31. The maximum Gasteiger partial charge on any atom is 0.295 e. The van der Waals surface area contributed by atoms with E-state index in [0.717, 1.165) is 0 Å². The zero-order chi connectivity index (χ0) is 22.5. The van der Waals surface area contributed by atoms with E-state index < -0.39 is 28.4 Å². The summed E-state index contributed by atoms with van der Waals surface area (Å²) in [5, 5.41) is 22.0. The number of nitrogens with zero attached hydrogens (tertiary/aromatic N) is 3. The Bertz CT molecular complexity index is 1020. The minimum Gasteiger partial charge on any atom is -0.507 e. The second kappa shape index (κ2) is 9.48. The molecular weight excluding hydrogens is 402 g/mol. The topological polar surface area (TPSA) is 123 Å². The molecule has 1 aromatic heterocycles. The molecule has 0 bridgehead atoms.